The molecule has 0 spiro atoms. The topological polar surface area (TPSA) is 15.3 Å². The number of anilines is 1. The Hall–Kier alpha value is -1.02. The van der Waals surface area contributed by atoms with Gasteiger partial charge in [0, 0.05) is 30.9 Å². The van der Waals surface area contributed by atoms with Crippen LogP contribution >= 0.6 is 0 Å². The van der Waals surface area contributed by atoms with Crippen molar-refractivity contribution < 1.29 is 0 Å². The van der Waals surface area contributed by atoms with Crippen molar-refractivity contribution in [3.05, 3.63) is 29.8 Å². The zero-order valence-electron chi connectivity index (χ0n) is 12.2. The lowest BCUT2D eigenvalue weighted by Gasteiger charge is -2.36. The molecule has 0 bridgehead atoms. The van der Waals surface area contributed by atoms with Crippen LogP contribution in [0.3, 0.4) is 0 Å². The molecule has 1 N–H and O–H groups in total. The molecule has 0 aromatic heterocycles. The Kier molecular flexibility index (Phi) is 3.96. The summed E-state index contributed by atoms with van der Waals surface area (Å²) in [6.07, 6.45) is 3.85. The molecule has 100 valence electrons. The van der Waals surface area contributed by atoms with Crippen LogP contribution in [0, 0.1) is 0 Å². The van der Waals surface area contributed by atoms with Gasteiger partial charge in [-0.3, -0.25) is 0 Å². The van der Waals surface area contributed by atoms with Gasteiger partial charge >= 0.3 is 0 Å². The summed E-state index contributed by atoms with van der Waals surface area (Å²) in [5.74, 6) is 0. The second-order valence-corrected chi connectivity index (χ2v) is 6.05. The van der Waals surface area contributed by atoms with Crippen LogP contribution < -0.4 is 10.2 Å². The van der Waals surface area contributed by atoms with Crippen LogP contribution in [-0.4, -0.2) is 18.6 Å². The minimum atomic E-state index is 0.216. The Bertz CT molecular complexity index is 377. The summed E-state index contributed by atoms with van der Waals surface area (Å²) >= 11 is 0. The zero-order valence-corrected chi connectivity index (χ0v) is 12.2. The average molecular weight is 246 g/mol. The molecule has 1 aliphatic rings. The fraction of sp³-hybridized carbons (Fsp3) is 0.625. The summed E-state index contributed by atoms with van der Waals surface area (Å²) < 4.78 is 0. The molecule has 0 aliphatic heterocycles. The molecule has 18 heavy (non-hydrogen) atoms. The van der Waals surface area contributed by atoms with E-state index in [0.717, 1.165) is 19.0 Å². The quantitative estimate of drug-likeness (QED) is 0.825. The average Bonchev–Trinajstić information content (AvgIpc) is 3.20. The van der Waals surface area contributed by atoms with E-state index in [1.165, 1.54) is 24.1 Å². The highest BCUT2D eigenvalue weighted by Crippen LogP contribution is 2.25. The van der Waals surface area contributed by atoms with E-state index in [1.807, 2.05) is 0 Å². The third-order valence-electron chi connectivity index (χ3n) is 4.27. The normalized spacial score (nSPS) is 15.8. The third kappa shape index (κ3) is 3.26. The van der Waals surface area contributed by atoms with E-state index in [2.05, 4.69) is 62.3 Å². The first-order valence-electron chi connectivity index (χ1n) is 7.09. The lowest BCUT2D eigenvalue weighted by Crippen LogP contribution is -2.40. The fourth-order valence-electron chi connectivity index (χ4n) is 1.97. The third-order valence-corrected chi connectivity index (χ3v) is 4.27. The van der Waals surface area contributed by atoms with E-state index in [0.29, 0.717) is 0 Å². The molecular weight excluding hydrogens is 220 g/mol. The van der Waals surface area contributed by atoms with Crippen molar-refractivity contribution in [3.8, 4) is 0 Å². The second kappa shape index (κ2) is 5.31. The number of benzene rings is 1. The van der Waals surface area contributed by atoms with Gasteiger partial charge in [0.2, 0.25) is 0 Å². The van der Waals surface area contributed by atoms with Gasteiger partial charge in [-0.15, -0.1) is 0 Å². The molecule has 1 saturated carbocycles. The van der Waals surface area contributed by atoms with Crippen molar-refractivity contribution in [1.82, 2.24) is 5.32 Å². The zero-order chi connectivity index (χ0) is 13.2. The van der Waals surface area contributed by atoms with Gasteiger partial charge in [-0.25, -0.2) is 0 Å². The summed E-state index contributed by atoms with van der Waals surface area (Å²) in [5, 5.41) is 3.55. The van der Waals surface area contributed by atoms with Gasteiger partial charge < -0.3 is 10.2 Å². The van der Waals surface area contributed by atoms with Crippen molar-refractivity contribution in [3.63, 3.8) is 0 Å². The molecule has 1 aromatic carbocycles. The predicted octanol–water partition coefficient (Wildman–Crippen LogP) is 3.56. The van der Waals surface area contributed by atoms with E-state index in [9.17, 15) is 0 Å². The summed E-state index contributed by atoms with van der Waals surface area (Å²) in [5.41, 5.74) is 2.90. The highest BCUT2D eigenvalue weighted by atomic mass is 15.2. The molecule has 1 aliphatic carbocycles. The fourth-order valence-corrected chi connectivity index (χ4v) is 1.97. The van der Waals surface area contributed by atoms with Gasteiger partial charge in [0.1, 0.15) is 0 Å². The molecule has 0 saturated heterocycles. The Morgan fingerprint density at radius 2 is 1.83 bits per heavy atom. The number of rotatable bonds is 6. The molecule has 2 heteroatoms. The van der Waals surface area contributed by atoms with Crippen molar-refractivity contribution >= 4 is 5.69 Å². The molecule has 2 nitrogen and oxygen atoms in total. The molecule has 0 heterocycles. The Morgan fingerprint density at radius 1 is 1.22 bits per heavy atom. The molecule has 0 radical (unpaired) electrons. The van der Waals surface area contributed by atoms with E-state index in [4.69, 9.17) is 0 Å². The SMILES string of the molecule is CCC(C)(C)N(C)c1ccc(CNC2CC2)cc1. The lowest BCUT2D eigenvalue weighted by molar-refractivity contribution is 0.471. The minimum absolute atomic E-state index is 0.216. The number of hydrogen-bond acceptors (Lipinski definition) is 2. The predicted molar refractivity (Wildman–Crippen MR) is 79.1 cm³/mol. The van der Waals surface area contributed by atoms with Crippen LogP contribution in [0.15, 0.2) is 24.3 Å². The van der Waals surface area contributed by atoms with Gasteiger partial charge in [-0.2, -0.15) is 0 Å². The van der Waals surface area contributed by atoms with E-state index >= 15 is 0 Å². The maximum absolute atomic E-state index is 3.55. The molecule has 0 unspecified atom stereocenters. The molecule has 0 amide bonds. The molecule has 2 rings (SSSR count). The standard InChI is InChI=1S/C16H26N2/c1-5-16(2,3)18(4)15-10-6-13(7-11-15)12-17-14-8-9-14/h6-7,10-11,14,17H,5,8-9,12H2,1-4H3. The summed E-state index contributed by atoms with van der Waals surface area (Å²) in [4.78, 5) is 2.37. The smallest absolute Gasteiger partial charge is 0.0368 e. The molecule has 1 aromatic rings. The highest BCUT2D eigenvalue weighted by molar-refractivity contribution is 5.49. The van der Waals surface area contributed by atoms with Crippen molar-refractivity contribution in [2.24, 2.45) is 0 Å². The Balaban J connectivity index is 1.97. The van der Waals surface area contributed by atoms with Gasteiger partial charge in [0.05, 0.1) is 0 Å². The minimum Gasteiger partial charge on any atom is -0.369 e. The van der Waals surface area contributed by atoms with Gasteiger partial charge in [0.15, 0.2) is 0 Å². The lowest BCUT2D eigenvalue weighted by atomic mass is 9.99. The van der Waals surface area contributed by atoms with Gasteiger partial charge in [0.25, 0.3) is 0 Å². The largest absolute Gasteiger partial charge is 0.369 e. The van der Waals surface area contributed by atoms with Crippen LogP contribution in [0.5, 0.6) is 0 Å². The Labute approximate surface area is 111 Å². The van der Waals surface area contributed by atoms with Crippen LogP contribution in [0.2, 0.25) is 0 Å². The van der Waals surface area contributed by atoms with E-state index in [-0.39, 0.29) is 5.54 Å². The first kappa shape index (κ1) is 13.4. The monoisotopic (exact) mass is 246 g/mol. The summed E-state index contributed by atoms with van der Waals surface area (Å²) in [6, 6.07) is 9.74. The number of nitrogens with zero attached hydrogens (tertiary/aromatic N) is 1. The summed E-state index contributed by atoms with van der Waals surface area (Å²) in [7, 11) is 2.18. The first-order chi connectivity index (χ1) is 8.53. The van der Waals surface area contributed by atoms with Crippen LogP contribution in [0.25, 0.3) is 0 Å². The highest BCUT2D eigenvalue weighted by Gasteiger charge is 2.22. The molecular formula is C16H26N2. The van der Waals surface area contributed by atoms with Crippen molar-refractivity contribution in [1.29, 1.82) is 0 Å². The second-order valence-electron chi connectivity index (χ2n) is 6.05. The molecule has 1 fully saturated rings. The van der Waals surface area contributed by atoms with Crippen molar-refractivity contribution in [2.75, 3.05) is 11.9 Å². The summed E-state index contributed by atoms with van der Waals surface area (Å²) in [6.45, 7) is 7.82. The van der Waals surface area contributed by atoms with Crippen molar-refractivity contribution in [2.45, 2.75) is 58.2 Å². The van der Waals surface area contributed by atoms with E-state index in [1.54, 1.807) is 0 Å². The van der Waals surface area contributed by atoms with Crippen LogP contribution in [0.1, 0.15) is 45.6 Å². The first-order valence-corrected chi connectivity index (χ1v) is 7.09. The molecule has 0 atom stereocenters. The van der Waals surface area contributed by atoms with Gasteiger partial charge in [-0.05, 0) is 50.8 Å². The maximum Gasteiger partial charge on any atom is 0.0368 e. The van der Waals surface area contributed by atoms with Gasteiger partial charge in [-0.1, -0.05) is 19.1 Å². The number of hydrogen-bond donors (Lipinski definition) is 1. The van der Waals surface area contributed by atoms with E-state index < -0.39 is 0 Å². The van der Waals surface area contributed by atoms with Crippen LogP contribution in [-0.2, 0) is 6.54 Å². The Morgan fingerprint density at radius 3 is 2.33 bits per heavy atom. The number of nitrogens with one attached hydrogen (secondary N) is 1. The maximum atomic E-state index is 3.55. The van der Waals surface area contributed by atoms with Crippen LogP contribution in [0.4, 0.5) is 5.69 Å².